The van der Waals surface area contributed by atoms with E-state index in [2.05, 4.69) is 6.58 Å². The van der Waals surface area contributed by atoms with Crippen molar-refractivity contribution in [3.05, 3.63) is 12.7 Å². The van der Waals surface area contributed by atoms with Gasteiger partial charge in [0.25, 0.3) is 0 Å². The summed E-state index contributed by atoms with van der Waals surface area (Å²) in [5.74, 6) is 0. The molecule has 0 amide bonds. The van der Waals surface area contributed by atoms with Crippen molar-refractivity contribution in [1.29, 1.82) is 0 Å². The minimum absolute atomic E-state index is 0. The van der Waals surface area contributed by atoms with Gasteiger partial charge >= 0.3 is 62.1 Å². The van der Waals surface area contributed by atoms with Gasteiger partial charge in [-0.2, -0.15) is 0 Å². The Hall–Kier alpha value is 1.31. The second kappa shape index (κ2) is 9.00. The van der Waals surface area contributed by atoms with E-state index < -0.39 is 0 Å². The molecule has 0 bridgehead atoms. The SMILES string of the molecule is C=C[CH2][K].F. The van der Waals surface area contributed by atoms with Crippen LogP contribution in [0.1, 0.15) is 0 Å². The van der Waals surface area contributed by atoms with Crippen LogP contribution in [0.3, 0.4) is 0 Å². The Bertz CT molecular complexity index is 20.9. The zero-order valence-corrected chi connectivity index (χ0v) is 6.52. The van der Waals surface area contributed by atoms with Crippen LogP contribution in [-0.2, 0) is 0 Å². The molecule has 0 heterocycles. The minimum atomic E-state index is 0. The van der Waals surface area contributed by atoms with Crippen LogP contribution in [0.15, 0.2) is 12.7 Å². The summed E-state index contributed by atoms with van der Waals surface area (Å²) >= 11 is 0.995. The number of allylic oxidation sites excluding steroid dienone is 1. The number of halogens is 1. The monoisotopic (exact) mass is 100 g/mol. The van der Waals surface area contributed by atoms with E-state index in [0.29, 0.717) is 0 Å². The Balaban J connectivity index is 0. The molecule has 0 aromatic carbocycles. The van der Waals surface area contributed by atoms with E-state index in [-0.39, 0.29) is 4.70 Å². The molecule has 0 aliphatic carbocycles. The summed E-state index contributed by atoms with van der Waals surface area (Å²) in [5, 5.41) is 0. The maximum atomic E-state index is 3.53. The Morgan fingerprint density at radius 1 is 1.80 bits per heavy atom. The molecule has 0 atom stereocenters. The molecule has 0 saturated heterocycles. The van der Waals surface area contributed by atoms with Gasteiger partial charge in [0.15, 0.2) is 0 Å². The van der Waals surface area contributed by atoms with Crippen molar-refractivity contribution in [2.45, 2.75) is 0.515 Å². The van der Waals surface area contributed by atoms with Crippen LogP contribution in [0.4, 0.5) is 4.70 Å². The van der Waals surface area contributed by atoms with E-state index in [1.807, 2.05) is 6.08 Å². The Morgan fingerprint density at radius 3 is 2.00 bits per heavy atom. The molecule has 0 aromatic rings. The maximum absolute atomic E-state index is 3.53. The van der Waals surface area contributed by atoms with Gasteiger partial charge < -0.3 is 0 Å². The topological polar surface area (TPSA) is 0 Å². The molecular formula is C3H6FK. The van der Waals surface area contributed by atoms with Crippen molar-refractivity contribution in [2.24, 2.45) is 0 Å². The Labute approximate surface area is 65.6 Å². The summed E-state index contributed by atoms with van der Waals surface area (Å²) < 4.78 is 1.27. The van der Waals surface area contributed by atoms with Gasteiger partial charge in [-0.3, -0.25) is 4.70 Å². The summed E-state index contributed by atoms with van der Waals surface area (Å²) in [5.41, 5.74) is 0. The second-order valence-electron chi connectivity index (χ2n) is 0.697. The third-order valence-electron chi connectivity index (χ3n) is 0.289. The van der Waals surface area contributed by atoms with Crippen molar-refractivity contribution < 1.29 is 4.70 Å². The van der Waals surface area contributed by atoms with E-state index in [1.54, 1.807) is 0 Å². The number of hydrogen-bond acceptors (Lipinski definition) is 0. The van der Waals surface area contributed by atoms with Gasteiger partial charge in [-0.1, -0.05) is 0 Å². The molecular weight excluding hydrogens is 94.1 g/mol. The van der Waals surface area contributed by atoms with Crippen LogP contribution in [0, 0.1) is 0 Å². The van der Waals surface area contributed by atoms with Gasteiger partial charge in [-0.15, -0.1) is 0 Å². The smallest absolute Gasteiger partial charge is 0.269 e. The molecule has 26 valence electrons. The molecule has 0 radical (unpaired) electrons. The molecule has 0 nitrogen and oxygen atoms in total. The molecule has 0 rings (SSSR count). The summed E-state index contributed by atoms with van der Waals surface area (Å²) in [4.78, 5) is 0. The molecule has 0 aromatic heterocycles. The zero-order valence-electron chi connectivity index (χ0n) is 3.40. The van der Waals surface area contributed by atoms with Crippen LogP contribution in [0.25, 0.3) is 0 Å². The van der Waals surface area contributed by atoms with Crippen molar-refractivity contribution in [3.63, 3.8) is 0 Å². The van der Waals surface area contributed by atoms with E-state index in [1.165, 1.54) is 0.515 Å². The van der Waals surface area contributed by atoms with E-state index in [9.17, 15) is 0 Å². The average Bonchev–Trinajstić information content (AvgIpc) is 1.37. The first-order valence-corrected chi connectivity index (χ1v) is 3.73. The Morgan fingerprint density at radius 2 is 2.00 bits per heavy atom. The van der Waals surface area contributed by atoms with Gasteiger partial charge in [0.1, 0.15) is 0 Å². The quantitative estimate of drug-likeness (QED) is 0.339. The van der Waals surface area contributed by atoms with Crippen LogP contribution < -0.4 is 0 Å². The van der Waals surface area contributed by atoms with Crippen molar-refractivity contribution in [1.82, 2.24) is 0 Å². The van der Waals surface area contributed by atoms with Gasteiger partial charge in [-0.25, -0.2) is 0 Å². The van der Waals surface area contributed by atoms with Crippen LogP contribution in [0.5, 0.6) is 0 Å². The first-order chi connectivity index (χ1) is 1.91. The first-order valence-electron chi connectivity index (χ1n) is 1.52. The van der Waals surface area contributed by atoms with Gasteiger partial charge in [0.2, 0.25) is 0 Å². The summed E-state index contributed by atoms with van der Waals surface area (Å²) in [6.45, 7) is 3.53. The fourth-order valence-corrected chi connectivity index (χ4v) is 0. The van der Waals surface area contributed by atoms with Crippen molar-refractivity contribution in [3.8, 4) is 0 Å². The molecule has 0 aliphatic heterocycles. The second-order valence-corrected chi connectivity index (χ2v) is 1.97. The molecule has 5 heavy (non-hydrogen) atoms. The third-order valence-corrected chi connectivity index (χ3v) is 1.19. The number of rotatable bonds is 1. The van der Waals surface area contributed by atoms with E-state index in [0.717, 1.165) is 49.0 Å². The molecule has 0 fully saturated rings. The molecule has 0 N–H and O–H groups in total. The molecule has 0 saturated carbocycles. The van der Waals surface area contributed by atoms with Gasteiger partial charge in [-0.05, 0) is 0 Å². The fraction of sp³-hybridized carbons (Fsp3) is 0.333. The first kappa shape index (κ1) is 9.58. The van der Waals surface area contributed by atoms with Crippen LogP contribution in [-0.4, -0.2) is 49.0 Å². The van der Waals surface area contributed by atoms with Crippen LogP contribution >= 0.6 is 0 Å². The number of hydrogen-bond donors (Lipinski definition) is 0. The summed E-state index contributed by atoms with van der Waals surface area (Å²) in [6.07, 6.45) is 1.96. The fourth-order valence-electron chi connectivity index (χ4n) is 0. The van der Waals surface area contributed by atoms with E-state index >= 15 is 0 Å². The molecule has 2 heteroatoms. The molecule has 0 unspecified atom stereocenters. The van der Waals surface area contributed by atoms with Gasteiger partial charge in [0, 0.05) is 0 Å². The zero-order chi connectivity index (χ0) is 3.41. The average molecular weight is 100 g/mol. The maximum Gasteiger partial charge on any atom is -0.269 e. The van der Waals surface area contributed by atoms with Crippen molar-refractivity contribution in [2.75, 3.05) is 0 Å². The van der Waals surface area contributed by atoms with E-state index in [4.69, 9.17) is 0 Å². The third kappa shape index (κ3) is 10.9. The van der Waals surface area contributed by atoms with Gasteiger partial charge in [0.05, 0.1) is 0 Å². The predicted octanol–water partition coefficient (Wildman–Crippen LogP) is 0.912. The molecule has 0 spiro atoms. The predicted molar refractivity (Wildman–Crippen MR) is 23.3 cm³/mol. The largest absolute Gasteiger partial charge is 0.269 e. The standard InChI is InChI=1S/C3H5.FH.K/c1-3-2;;/h3H,1-2H2;1H;. The van der Waals surface area contributed by atoms with Crippen LogP contribution in [0.2, 0.25) is 0.515 Å². The summed E-state index contributed by atoms with van der Waals surface area (Å²) in [6, 6.07) is 0. The minimum Gasteiger partial charge on any atom is -0.269 e. The Kier molecular flexibility index (Phi) is 17.2. The normalized spacial score (nSPS) is 5.20. The summed E-state index contributed by atoms with van der Waals surface area (Å²) in [7, 11) is 0. The van der Waals surface area contributed by atoms with Crippen molar-refractivity contribution >= 4 is 49.0 Å². The molecule has 0 aliphatic rings.